The highest BCUT2D eigenvalue weighted by atomic mass is 14.5. The molecule has 3 aliphatic rings. The van der Waals surface area contributed by atoms with Crippen LogP contribution in [0.15, 0.2) is 0 Å². The first-order valence-electron chi connectivity index (χ1n) is 14.3. The summed E-state index contributed by atoms with van der Waals surface area (Å²) in [5.74, 6) is 6.78. The van der Waals surface area contributed by atoms with Gasteiger partial charge in [-0.15, -0.1) is 0 Å². The van der Waals surface area contributed by atoms with E-state index < -0.39 is 0 Å². The second kappa shape index (κ2) is 13.4. The zero-order chi connectivity index (χ0) is 20.3. The topological polar surface area (TPSA) is 0 Å². The standard InChI is InChI=1S/C29H54/c1-3-5-7-9-11-13-17-24(18-14-12-10-8-6-4-2)29-23-25-19-15-20-26(25)27-21-16-22-28(27)29/h24-29H,3-23H2,1-2H3/t25-,26-,27+,28-,29-/m0/s1. The Bertz CT molecular complexity index is 396. The quantitative estimate of drug-likeness (QED) is 0.239. The molecule has 0 radical (unpaired) electrons. The highest BCUT2D eigenvalue weighted by Gasteiger charge is 2.49. The molecule has 29 heavy (non-hydrogen) atoms. The molecule has 3 saturated carbocycles. The minimum atomic E-state index is 1.08. The van der Waals surface area contributed by atoms with Crippen LogP contribution in [0.4, 0.5) is 0 Å². The fourth-order valence-corrected chi connectivity index (χ4v) is 8.02. The number of fused-ring (bicyclic) bond motifs is 3. The average molecular weight is 403 g/mol. The van der Waals surface area contributed by atoms with Crippen LogP contribution in [0.2, 0.25) is 0 Å². The maximum Gasteiger partial charge on any atom is -0.0352 e. The van der Waals surface area contributed by atoms with Crippen molar-refractivity contribution in [1.82, 2.24) is 0 Å². The summed E-state index contributed by atoms with van der Waals surface area (Å²) in [6.07, 6.45) is 32.0. The summed E-state index contributed by atoms with van der Waals surface area (Å²) in [5, 5.41) is 0. The molecule has 170 valence electrons. The predicted molar refractivity (Wildman–Crippen MR) is 129 cm³/mol. The lowest BCUT2D eigenvalue weighted by atomic mass is 9.60. The van der Waals surface area contributed by atoms with E-state index in [4.69, 9.17) is 0 Å². The maximum absolute atomic E-state index is 2.34. The number of unbranched alkanes of at least 4 members (excludes halogenated alkanes) is 10. The Balaban J connectivity index is 1.51. The van der Waals surface area contributed by atoms with Crippen molar-refractivity contribution in [3.63, 3.8) is 0 Å². The summed E-state index contributed by atoms with van der Waals surface area (Å²) in [4.78, 5) is 0. The van der Waals surface area contributed by atoms with Gasteiger partial charge in [-0.25, -0.2) is 0 Å². The van der Waals surface area contributed by atoms with Crippen molar-refractivity contribution in [2.24, 2.45) is 35.5 Å². The molecule has 3 fully saturated rings. The van der Waals surface area contributed by atoms with Gasteiger partial charge in [-0.3, -0.25) is 0 Å². The van der Waals surface area contributed by atoms with E-state index in [1.165, 1.54) is 77.0 Å². The van der Waals surface area contributed by atoms with Crippen LogP contribution >= 0.6 is 0 Å². The van der Waals surface area contributed by atoms with Crippen LogP contribution in [0.1, 0.15) is 149 Å². The van der Waals surface area contributed by atoms with Crippen LogP contribution in [0.5, 0.6) is 0 Å². The smallest absolute Gasteiger partial charge is 0.0352 e. The lowest BCUT2D eigenvalue weighted by Gasteiger charge is -2.46. The lowest BCUT2D eigenvalue weighted by Crippen LogP contribution is -2.38. The molecule has 0 heterocycles. The van der Waals surface area contributed by atoms with Crippen LogP contribution in [0, 0.1) is 35.5 Å². The van der Waals surface area contributed by atoms with Crippen LogP contribution in [-0.2, 0) is 0 Å². The largest absolute Gasteiger partial charge is 0.0654 e. The zero-order valence-electron chi connectivity index (χ0n) is 20.3. The molecule has 0 bridgehead atoms. The predicted octanol–water partition coefficient (Wildman–Crippen LogP) is 9.96. The molecule has 0 heteroatoms. The second-order valence-electron chi connectivity index (χ2n) is 11.4. The molecule has 0 unspecified atom stereocenters. The van der Waals surface area contributed by atoms with Crippen molar-refractivity contribution < 1.29 is 0 Å². The summed E-state index contributed by atoms with van der Waals surface area (Å²) >= 11 is 0. The Morgan fingerprint density at radius 2 is 1.07 bits per heavy atom. The molecule has 0 aliphatic heterocycles. The first kappa shape index (κ1) is 23.7. The van der Waals surface area contributed by atoms with E-state index in [0.717, 1.165) is 35.5 Å². The first-order valence-corrected chi connectivity index (χ1v) is 14.3. The molecular weight excluding hydrogens is 348 g/mol. The third-order valence-corrected chi connectivity index (χ3v) is 9.48. The van der Waals surface area contributed by atoms with Crippen molar-refractivity contribution in [2.75, 3.05) is 0 Å². The highest BCUT2D eigenvalue weighted by Crippen LogP contribution is 2.58. The Hall–Kier alpha value is 0. The highest BCUT2D eigenvalue weighted by molar-refractivity contribution is 4.99. The molecule has 3 rings (SSSR count). The SMILES string of the molecule is CCCCCCCCC(CCCCCCCC)[C@@H]1C[C@@H]2CCC[C@@H]2[C@H]2CCC[C@@H]21. The van der Waals surface area contributed by atoms with Crippen molar-refractivity contribution in [2.45, 2.75) is 149 Å². The number of hydrogen-bond donors (Lipinski definition) is 0. The van der Waals surface area contributed by atoms with Crippen LogP contribution in [-0.4, -0.2) is 0 Å². The van der Waals surface area contributed by atoms with E-state index in [1.54, 1.807) is 57.8 Å². The number of rotatable bonds is 15. The zero-order valence-corrected chi connectivity index (χ0v) is 20.3. The molecule has 3 aliphatic carbocycles. The van der Waals surface area contributed by atoms with Gasteiger partial charge >= 0.3 is 0 Å². The van der Waals surface area contributed by atoms with E-state index in [9.17, 15) is 0 Å². The summed E-state index contributed by atoms with van der Waals surface area (Å²) < 4.78 is 0. The monoisotopic (exact) mass is 402 g/mol. The van der Waals surface area contributed by atoms with Gasteiger partial charge in [0.05, 0.1) is 0 Å². The molecule has 0 saturated heterocycles. The summed E-state index contributed by atoms with van der Waals surface area (Å²) in [5.41, 5.74) is 0. The molecule has 0 aromatic carbocycles. The third-order valence-electron chi connectivity index (χ3n) is 9.48. The van der Waals surface area contributed by atoms with Crippen molar-refractivity contribution >= 4 is 0 Å². The minimum Gasteiger partial charge on any atom is -0.0654 e. The third kappa shape index (κ3) is 7.00. The Kier molecular flexibility index (Phi) is 10.9. The normalized spacial score (nSPS) is 31.3. The van der Waals surface area contributed by atoms with Crippen molar-refractivity contribution in [3.05, 3.63) is 0 Å². The van der Waals surface area contributed by atoms with E-state index in [-0.39, 0.29) is 0 Å². The molecular formula is C29H54. The van der Waals surface area contributed by atoms with Crippen LogP contribution in [0.25, 0.3) is 0 Å². The summed E-state index contributed by atoms with van der Waals surface area (Å²) in [6.45, 7) is 4.68. The molecule has 0 amide bonds. The van der Waals surface area contributed by atoms with Gasteiger partial charge in [-0.05, 0) is 61.2 Å². The van der Waals surface area contributed by atoms with Gasteiger partial charge in [0.25, 0.3) is 0 Å². The fraction of sp³-hybridized carbons (Fsp3) is 1.00. The van der Waals surface area contributed by atoms with Crippen LogP contribution < -0.4 is 0 Å². The van der Waals surface area contributed by atoms with Gasteiger partial charge in [0.2, 0.25) is 0 Å². The van der Waals surface area contributed by atoms with Gasteiger partial charge in [-0.1, -0.05) is 123 Å². The van der Waals surface area contributed by atoms with Gasteiger partial charge in [0, 0.05) is 0 Å². The van der Waals surface area contributed by atoms with E-state index in [1.807, 2.05) is 0 Å². The summed E-state index contributed by atoms with van der Waals surface area (Å²) in [6, 6.07) is 0. The number of hydrogen-bond acceptors (Lipinski definition) is 0. The minimum absolute atomic E-state index is 1.08. The van der Waals surface area contributed by atoms with Crippen LogP contribution in [0.3, 0.4) is 0 Å². The fourth-order valence-electron chi connectivity index (χ4n) is 8.02. The van der Waals surface area contributed by atoms with E-state index >= 15 is 0 Å². The Morgan fingerprint density at radius 1 is 0.552 bits per heavy atom. The van der Waals surface area contributed by atoms with Gasteiger partial charge in [-0.2, -0.15) is 0 Å². The maximum atomic E-state index is 2.34. The molecule has 5 atom stereocenters. The van der Waals surface area contributed by atoms with E-state index in [0.29, 0.717) is 0 Å². The summed E-state index contributed by atoms with van der Waals surface area (Å²) in [7, 11) is 0. The molecule has 0 N–H and O–H groups in total. The van der Waals surface area contributed by atoms with Crippen molar-refractivity contribution in [3.8, 4) is 0 Å². The van der Waals surface area contributed by atoms with Gasteiger partial charge in [0.15, 0.2) is 0 Å². The Labute approximate surface area is 184 Å². The van der Waals surface area contributed by atoms with E-state index in [2.05, 4.69) is 13.8 Å². The first-order chi connectivity index (χ1) is 14.3. The van der Waals surface area contributed by atoms with Crippen molar-refractivity contribution in [1.29, 1.82) is 0 Å². The molecule has 0 spiro atoms. The van der Waals surface area contributed by atoms with Gasteiger partial charge < -0.3 is 0 Å². The second-order valence-corrected chi connectivity index (χ2v) is 11.4. The molecule has 0 nitrogen and oxygen atoms in total. The molecule has 0 aromatic rings. The van der Waals surface area contributed by atoms with Gasteiger partial charge in [0.1, 0.15) is 0 Å². The average Bonchev–Trinajstić information content (AvgIpc) is 3.39. The Morgan fingerprint density at radius 3 is 1.72 bits per heavy atom. The molecule has 0 aromatic heterocycles. The lowest BCUT2D eigenvalue weighted by molar-refractivity contribution is 0.0340.